The number of carbonyl (C=O) groups is 2. The van der Waals surface area contributed by atoms with Crippen LogP contribution in [0, 0.1) is 0 Å². The largest absolute Gasteiger partial charge is 0.465 e. The van der Waals surface area contributed by atoms with Crippen LogP contribution in [0.4, 0.5) is 5.00 Å². The van der Waals surface area contributed by atoms with E-state index in [9.17, 15) is 9.59 Å². The van der Waals surface area contributed by atoms with E-state index in [-0.39, 0.29) is 17.1 Å². The summed E-state index contributed by atoms with van der Waals surface area (Å²) in [6, 6.07) is 10.1. The summed E-state index contributed by atoms with van der Waals surface area (Å²) in [6.07, 6.45) is 0.793. The summed E-state index contributed by atoms with van der Waals surface area (Å²) in [5.74, 6) is 0.301. The number of likely N-dealkylation sites (N-methyl/N-ethyl adjacent to an activating group) is 1. The molecule has 0 unspecified atom stereocenters. The lowest BCUT2D eigenvalue weighted by Crippen LogP contribution is -2.26. The molecule has 3 rings (SSSR count). The number of thiophene rings is 1. The van der Waals surface area contributed by atoms with Crippen LogP contribution in [0.2, 0.25) is 0 Å². The van der Waals surface area contributed by atoms with E-state index in [1.165, 1.54) is 24.0 Å². The van der Waals surface area contributed by atoms with Gasteiger partial charge in [-0.15, -0.1) is 23.1 Å². The van der Waals surface area contributed by atoms with Gasteiger partial charge in [0, 0.05) is 23.7 Å². The van der Waals surface area contributed by atoms with E-state index < -0.39 is 0 Å². The lowest BCUT2D eigenvalue weighted by Gasteiger charge is -2.22. The Morgan fingerprint density at radius 3 is 2.78 bits per heavy atom. The zero-order valence-electron chi connectivity index (χ0n) is 15.8. The summed E-state index contributed by atoms with van der Waals surface area (Å²) in [5.41, 5.74) is 2.73. The molecule has 2 heterocycles. The minimum atomic E-state index is -0.378. The molecule has 0 aliphatic carbocycles. The third kappa shape index (κ3) is 4.72. The highest BCUT2D eigenvalue weighted by Gasteiger charge is 2.29. The molecule has 1 aliphatic rings. The first-order chi connectivity index (χ1) is 13.0. The van der Waals surface area contributed by atoms with Gasteiger partial charge < -0.3 is 15.0 Å². The van der Waals surface area contributed by atoms with Crippen LogP contribution in [0.25, 0.3) is 0 Å². The molecule has 0 saturated heterocycles. The van der Waals surface area contributed by atoms with Crippen molar-refractivity contribution in [3.8, 4) is 0 Å². The summed E-state index contributed by atoms with van der Waals surface area (Å²) in [6.45, 7) is 3.57. The molecule has 7 heteroatoms. The molecular weight excluding hydrogens is 380 g/mol. The van der Waals surface area contributed by atoms with Crippen molar-refractivity contribution in [2.75, 3.05) is 26.0 Å². The van der Waals surface area contributed by atoms with Crippen LogP contribution in [0.5, 0.6) is 0 Å². The Morgan fingerprint density at radius 2 is 2.07 bits per heavy atom. The van der Waals surface area contributed by atoms with E-state index in [1.54, 1.807) is 11.8 Å². The molecule has 2 aromatic rings. The molecule has 1 N–H and O–H groups in total. The molecule has 1 amide bonds. The predicted molar refractivity (Wildman–Crippen MR) is 112 cm³/mol. The van der Waals surface area contributed by atoms with E-state index in [0.29, 0.717) is 10.6 Å². The third-order valence-electron chi connectivity index (χ3n) is 4.59. The van der Waals surface area contributed by atoms with Gasteiger partial charge in [-0.25, -0.2) is 4.79 Å². The highest BCUT2D eigenvalue weighted by Crippen LogP contribution is 2.37. The number of fused-ring (bicyclic) bond motifs is 1. The molecule has 0 spiro atoms. The lowest BCUT2D eigenvalue weighted by molar-refractivity contribution is -0.115. The number of ether oxygens (including phenoxy) is 1. The molecule has 1 aromatic heterocycles. The van der Waals surface area contributed by atoms with Crippen molar-refractivity contribution < 1.29 is 14.3 Å². The first-order valence-electron chi connectivity index (χ1n) is 8.87. The van der Waals surface area contributed by atoms with Gasteiger partial charge in [0.05, 0.1) is 17.9 Å². The molecule has 144 valence electrons. The van der Waals surface area contributed by atoms with Crippen molar-refractivity contribution in [1.82, 2.24) is 4.90 Å². The van der Waals surface area contributed by atoms with E-state index in [0.717, 1.165) is 35.7 Å². The molecule has 5 nitrogen and oxygen atoms in total. The van der Waals surface area contributed by atoms with Gasteiger partial charge in [-0.3, -0.25) is 4.79 Å². The number of nitrogens with zero attached hydrogens (tertiary/aromatic N) is 1. The number of methoxy groups -OCH3 is 1. The zero-order valence-corrected chi connectivity index (χ0v) is 17.4. The summed E-state index contributed by atoms with van der Waals surface area (Å²) in [5, 5.41) is 3.36. The van der Waals surface area contributed by atoms with Gasteiger partial charge in [0.2, 0.25) is 5.91 Å². The average molecular weight is 405 g/mol. The van der Waals surface area contributed by atoms with Crippen LogP contribution in [-0.2, 0) is 28.2 Å². The molecule has 0 radical (unpaired) electrons. The van der Waals surface area contributed by atoms with Crippen molar-refractivity contribution in [2.45, 2.75) is 30.9 Å². The van der Waals surface area contributed by atoms with E-state index >= 15 is 0 Å². The minimum Gasteiger partial charge on any atom is -0.465 e. The monoisotopic (exact) mass is 404 g/mol. The Morgan fingerprint density at radius 1 is 1.33 bits per heavy atom. The maximum atomic E-state index is 12.7. The lowest BCUT2D eigenvalue weighted by atomic mass is 10.0. The van der Waals surface area contributed by atoms with Crippen LogP contribution in [-0.4, -0.2) is 42.7 Å². The normalized spacial score (nSPS) is 15.1. The molecule has 1 aliphatic heterocycles. The van der Waals surface area contributed by atoms with Crippen molar-refractivity contribution in [2.24, 2.45) is 0 Å². The molecule has 1 atom stereocenters. The van der Waals surface area contributed by atoms with Crippen molar-refractivity contribution in [3.05, 3.63) is 51.9 Å². The topological polar surface area (TPSA) is 58.6 Å². The fourth-order valence-electron chi connectivity index (χ4n) is 3.02. The predicted octanol–water partition coefficient (Wildman–Crippen LogP) is 3.78. The quantitative estimate of drug-likeness (QED) is 0.743. The van der Waals surface area contributed by atoms with Gasteiger partial charge in [0.15, 0.2) is 0 Å². The van der Waals surface area contributed by atoms with Crippen LogP contribution in [0.3, 0.4) is 0 Å². The number of carbonyl (C=O) groups excluding carboxylic acids is 2. The number of thioether (sulfide) groups is 1. The second kappa shape index (κ2) is 8.91. The molecule has 0 bridgehead atoms. The molecule has 1 aromatic carbocycles. The first kappa shape index (κ1) is 19.9. The minimum absolute atomic E-state index is 0.0898. The number of benzene rings is 1. The number of nitrogens with one attached hydrogen (secondary N) is 1. The van der Waals surface area contributed by atoms with Crippen LogP contribution in [0.1, 0.15) is 33.3 Å². The second-order valence-corrected chi connectivity index (χ2v) is 9.05. The Hall–Kier alpha value is -1.83. The van der Waals surface area contributed by atoms with Gasteiger partial charge >= 0.3 is 5.97 Å². The molecule has 0 saturated carbocycles. The maximum absolute atomic E-state index is 12.7. The number of rotatable bonds is 6. The molecule has 0 fully saturated rings. The average Bonchev–Trinajstić information content (AvgIpc) is 3.02. The second-order valence-electron chi connectivity index (χ2n) is 6.62. The van der Waals surface area contributed by atoms with Crippen LogP contribution < -0.4 is 5.32 Å². The Labute approximate surface area is 168 Å². The van der Waals surface area contributed by atoms with E-state index in [2.05, 4.69) is 29.4 Å². The van der Waals surface area contributed by atoms with Crippen molar-refractivity contribution in [3.63, 3.8) is 0 Å². The highest BCUT2D eigenvalue weighted by molar-refractivity contribution is 7.99. The van der Waals surface area contributed by atoms with Crippen molar-refractivity contribution in [1.29, 1.82) is 0 Å². The van der Waals surface area contributed by atoms with Gasteiger partial charge in [0.25, 0.3) is 0 Å². The Bertz CT molecular complexity index is 820. The SMILES string of the molecule is COC(=O)c1c(NC(=O)[C@H](C)SCc2ccccc2)sc2c1CCN(C)C2. The smallest absolute Gasteiger partial charge is 0.341 e. The summed E-state index contributed by atoms with van der Waals surface area (Å²) in [7, 11) is 3.44. The maximum Gasteiger partial charge on any atom is 0.341 e. The van der Waals surface area contributed by atoms with Gasteiger partial charge in [-0.1, -0.05) is 30.3 Å². The first-order valence-corrected chi connectivity index (χ1v) is 10.7. The van der Waals surface area contributed by atoms with E-state index in [4.69, 9.17) is 4.74 Å². The van der Waals surface area contributed by atoms with Gasteiger partial charge in [0.1, 0.15) is 5.00 Å². The Balaban J connectivity index is 1.72. The summed E-state index contributed by atoms with van der Waals surface area (Å²) in [4.78, 5) is 28.4. The fraction of sp³-hybridized carbons (Fsp3) is 0.400. The number of anilines is 1. The van der Waals surface area contributed by atoms with Crippen molar-refractivity contribution >= 4 is 40.0 Å². The number of amides is 1. The third-order valence-corrected chi connectivity index (χ3v) is 6.93. The standard InChI is InChI=1S/C20H24N2O3S2/c1-13(26-12-14-7-5-4-6-8-14)18(23)21-19-17(20(24)25-3)15-9-10-22(2)11-16(15)27-19/h4-8,13H,9-12H2,1-3H3,(H,21,23)/t13-/m0/s1. The van der Waals surface area contributed by atoms with Gasteiger partial charge in [-0.05, 0) is 31.5 Å². The van der Waals surface area contributed by atoms with E-state index in [1.807, 2.05) is 25.1 Å². The van der Waals surface area contributed by atoms with Crippen LogP contribution in [0.15, 0.2) is 30.3 Å². The highest BCUT2D eigenvalue weighted by atomic mass is 32.2. The number of hydrogen-bond donors (Lipinski definition) is 1. The zero-order chi connectivity index (χ0) is 19.4. The Kier molecular flexibility index (Phi) is 6.57. The van der Waals surface area contributed by atoms with Crippen LogP contribution >= 0.6 is 23.1 Å². The number of hydrogen-bond acceptors (Lipinski definition) is 6. The molecular formula is C20H24N2O3S2. The fourth-order valence-corrected chi connectivity index (χ4v) is 5.19. The summed E-state index contributed by atoms with van der Waals surface area (Å²) < 4.78 is 4.97. The molecule has 27 heavy (non-hydrogen) atoms. The summed E-state index contributed by atoms with van der Waals surface area (Å²) >= 11 is 3.07. The van der Waals surface area contributed by atoms with Gasteiger partial charge in [-0.2, -0.15) is 0 Å². The number of esters is 1.